The molecule has 3 nitrogen and oxygen atoms in total. The number of benzene rings is 4. The highest BCUT2D eigenvalue weighted by molar-refractivity contribution is 6.11. The van der Waals surface area contributed by atoms with Crippen LogP contribution in [-0.2, 0) is 12.8 Å². The van der Waals surface area contributed by atoms with Crippen LogP contribution in [0, 0.1) is 5.92 Å². The molecule has 1 aromatic heterocycles. The van der Waals surface area contributed by atoms with Crippen molar-refractivity contribution in [2.24, 2.45) is 10.9 Å². The monoisotopic (exact) mass is 685 g/mol. The number of aryl methyl sites for hydroxylation is 1. The van der Waals surface area contributed by atoms with Gasteiger partial charge >= 0.3 is 0 Å². The molecule has 0 fully saturated rings. The number of aliphatic imine (C=N–C) groups is 1. The fourth-order valence-electron chi connectivity index (χ4n) is 10.3. The van der Waals surface area contributed by atoms with Gasteiger partial charge in [-0.2, -0.15) is 0 Å². The second-order valence-electron chi connectivity index (χ2n) is 15.6. The standard InChI is InChI=1S/C50H43N3/c1-3-13-32(14-4-1)33-23-25-36(26-24-33)49-50(52-45-22-12-11-21-44(45)51-49)53-46-28-27-35-17-7-8-18-38(35)48(46)43-31-42-37(30-47(43)53)29-41(34-15-5-2-6-16-34)39-19-9-10-20-40(39)42/h1-7,10-17,20-23,25-28,30,33,41-42,50,52H,8-9,18-19,24,29,31H2. The highest BCUT2D eigenvalue weighted by atomic mass is 15.2. The Hall–Kier alpha value is -5.67. The van der Waals surface area contributed by atoms with E-state index in [9.17, 15) is 0 Å². The molecule has 0 bridgehead atoms. The van der Waals surface area contributed by atoms with Gasteiger partial charge in [-0.15, -0.1) is 0 Å². The third-order valence-electron chi connectivity index (χ3n) is 12.8. The van der Waals surface area contributed by atoms with Crippen LogP contribution < -0.4 is 5.32 Å². The molecule has 258 valence electrons. The van der Waals surface area contributed by atoms with Crippen molar-refractivity contribution >= 4 is 40.1 Å². The van der Waals surface area contributed by atoms with Gasteiger partial charge in [0.2, 0.25) is 0 Å². The van der Waals surface area contributed by atoms with E-state index in [1.165, 1.54) is 56.4 Å². The van der Waals surface area contributed by atoms with Crippen molar-refractivity contribution in [3.8, 4) is 0 Å². The third kappa shape index (κ3) is 5.05. The predicted molar refractivity (Wildman–Crippen MR) is 221 cm³/mol. The Morgan fingerprint density at radius 3 is 2.34 bits per heavy atom. The van der Waals surface area contributed by atoms with Gasteiger partial charge < -0.3 is 9.88 Å². The number of anilines is 1. The van der Waals surface area contributed by atoms with Gasteiger partial charge in [-0.25, -0.2) is 4.99 Å². The number of nitrogens with one attached hydrogen (secondary N) is 1. The summed E-state index contributed by atoms with van der Waals surface area (Å²) in [5.41, 5.74) is 19.1. The van der Waals surface area contributed by atoms with Crippen LogP contribution >= 0.6 is 0 Å². The number of nitrogens with zero attached hydrogens (tertiary/aromatic N) is 2. The molecule has 2 heterocycles. The lowest BCUT2D eigenvalue weighted by molar-refractivity contribution is 0.566. The first-order chi connectivity index (χ1) is 26.3. The van der Waals surface area contributed by atoms with Crippen molar-refractivity contribution in [1.82, 2.24) is 4.57 Å². The van der Waals surface area contributed by atoms with Gasteiger partial charge in [-0.3, -0.25) is 0 Å². The number of aromatic nitrogens is 1. The minimum Gasteiger partial charge on any atom is -0.358 e. The molecule has 0 saturated carbocycles. The number of allylic oxidation sites excluding steroid dienone is 9. The topological polar surface area (TPSA) is 29.3 Å². The van der Waals surface area contributed by atoms with E-state index < -0.39 is 0 Å². The Labute approximate surface area is 312 Å². The molecule has 0 amide bonds. The molecule has 0 radical (unpaired) electrons. The molecule has 1 N–H and O–H groups in total. The lowest BCUT2D eigenvalue weighted by Gasteiger charge is -2.39. The lowest BCUT2D eigenvalue weighted by Crippen LogP contribution is -2.32. The zero-order chi connectivity index (χ0) is 34.9. The number of hydrogen-bond donors (Lipinski definition) is 1. The van der Waals surface area contributed by atoms with Crippen LogP contribution in [0.4, 0.5) is 11.4 Å². The van der Waals surface area contributed by atoms with Gasteiger partial charge in [-0.05, 0) is 108 Å². The zero-order valence-corrected chi connectivity index (χ0v) is 30.0. The van der Waals surface area contributed by atoms with Crippen molar-refractivity contribution in [3.05, 3.63) is 189 Å². The molecule has 4 atom stereocenters. The fraction of sp³-hybridized carbons (Fsp3) is 0.220. The number of rotatable bonds is 4. The van der Waals surface area contributed by atoms with Crippen LogP contribution in [0.15, 0.2) is 161 Å². The van der Waals surface area contributed by atoms with Crippen molar-refractivity contribution in [2.75, 3.05) is 5.32 Å². The van der Waals surface area contributed by atoms with E-state index in [0.717, 1.165) is 55.6 Å². The molecule has 11 rings (SSSR count). The molecule has 0 saturated heterocycles. The van der Waals surface area contributed by atoms with E-state index in [0.29, 0.717) is 17.8 Å². The normalized spacial score (nSPS) is 23.9. The molecule has 4 aromatic carbocycles. The van der Waals surface area contributed by atoms with Crippen LogP contribution in [-0.4, -0.2) is 10.3 Å². The maximum absolute atomic E-state index is 5.50. The Bertz CT molecular complexity index is 2520. The van der Waals surface area contributed by atoms with E-state index >= 15 is 0 Å². The van der Waals surface area contributed by atoms with E-state index in [1.54, 1.807) is 16.7 Å². The summed E-state index contributed by atoms with van der Waals surface area (Å²) >= 11 is 0. The summed E-state index contributed by atoms with van der Waals surface area (Å²) in [6.45, 7) is 0. The summed E-state index contributed by atoms with van der Waals surface area (Å²) in [7, 11) is 0. The van der Waals surface area contributed by atoms with Crippen molar-refractivity contribution in [1.29, 1.82) is 0 Å². The lowest BCUT2D eigenvalue weighted by atomic mass is 9.65. The van der Waals surface area contributed by atoms with Crippen LogP contribution in [0.2, 0.25) is 0 Å². The number of hydrogen-bond acceptors (Lipinski definition) is 2. The van der Waals surface area contributed by atoms with Crippen molar-refractivity contribution in [3.63, 3.8) is 0 Å². The first-order valence-electron chi connectivity index (χ1n) is 19.7. The van der Waals surface area contributed by atoms with Gasteiger partial charge in [-0.1, -0.05) is 133 Å². The zero-order valence-electron chi connectivity index (χ0n) is 30.0. The van der Waals surface area contributed by atoms with Crippen molar-refractivity contribution in [2.45, 2.75) is 62.9 Å². The first-order valence-corrected chi connectivity index (χ1v) is 19.7. The number of fused-ring (bicyclic) bond motifs is 8. The molecule has 0 spiro atoms. The molecule has 1 aliphatic heterocycles. The van der Waals surface area contributed by atoms with Crippen LogP contribution in [0.1, 0.15) is 83.6 Å². The molecule has 4 unspecified atom stereocenters. The average molecular weight is 686 g/mol. The Morgan fingerprint density at radius 2 is 1.49 bits per heavy atom. The SMILES string of the molecule is C1=CC2=C(CC1)C(c1ccccc1)CC1=Cc3c(c4c5c(ccc4n3C3Nc4ccccc4N=C3C3=CCC(c4ccccc4)C=C3)C=CCC5)CC12. The second-order valence-corrected chi connectivity index (χ2v) is 15.6. The largest absolute Gasteiger partial charge is 0.358 e. The first kappa shape index (κ1) is 30.9. The van der Waals surface area contributed by atoms with Crippen LogP contribution in [0.25, 0.3) is 23.1 Å². The average Bonchev–Trinajstić information content (AvgIpc) is 3.56. The molecular formula is C50H43N3. The third-order valence-corrected chi connectivity index (χ3v) is 12.8. The van der Waals surface area contributed by atoms with Gasteiger partial charge in [0.25, 0.3) is 0 Å². The fourth-order valence-corrected chi connectivity index (χ4v) is 10.3. The quantitative estimate of drug-likeness (QED) is 0.200. The Morgan fingerprint density at radius 1 is 0.698 bits per heavy atom. The molecule has 5 aliphatic carbocycles. The second kappa shape index (κ2) is 12.5. The molecular weight excluding hydrogens is 643 g/mol. The van der Waals surface area contributed by atoms with Crippen LogP contribution in [0.3, 0.4) is 0 Å². The predicted octanol–water partition coefficient (Wildman–Crippen LogP) is 12.4. The molecule has 6 aliphatic rings. The van der Waals surface area contributed by atoms with E-state index in [-0.39, 0.29) is 6.17 Å². The Balaban J connectivity index is 1.10. The highest BCUT2D eigenvalue weighted by Crippen LogP contribution is 2.53. The highest BCUT2D eigenvalue weighted by Gasteiger charge is 2.39. The summed E-state index contributed by atoms with van der Waals surface area (Å²) in [5.74, 6) is 1.24. The molecule has 5 aromatic rings. The summed E-state index contributed by atoms with van der Waals surface area (Å²) < 4.78 is 2.64. The van der Waals surface area contributed by atoms with E-state index in [1.807, 2.05) is 0 Å². The number of para-hydroxylation sites is 2. The van der Waals surface area contributed by atoms with Gasteiger partial charge in [0.1, 0.15) is 6.17 Å². The van der Waals surface area contributed by atoms with Crippen LogP contribution in [0.5, 0.6) is 0 Å². The van der Waals surface area contributed by atoms with Crippen molar-refractivity contribution < 1.29 is 0 Å². The minimum absolute atomic E-state index is 0.149. The summed E-state index contributed by atoms with van der Waals surface area (Å²) in [4.78, 5) is 5.50. The van der Waals surface area contributed by atoms with E-state index in [4.69, 9.17) is 4.99 Å². The molecule has 3 heteroatoms. The summed E-state index contributed by atoms with van der Waals surface area (Å²) in [6, 6.07) is 35.5. The van der Waals surface area contributed by atoms with Gasteiger partial charge in [0.05, 0.1) is 22.6 Å². The maximum Gasteiger partial charge on any atom is 0.148 e. The maximum atomic E-state index is 5.50. The molecule has 53 heavy (non-hydrogen) atoms. The summed E-state index contributed by atoms with van der Waals surface area (Å²) in [6.07, 6.45) is 26.8. The van der Waals surface area contributed by atoms with Gasteiger partial charge in [0, 0.05) is 28.8 Å². The van der Waals surface area contributed by atoms with E-state index in [2.05, 4.69) is 156 Å². The summed E-state index contributed by atoms with van der Waals surface area (Å²) in [5, 5.41) is 5.53. The Kier molecular flexibility index (Phi) is 7.28. The smallest absolute Gasteiger partial charge is 0.148 e. The minimum atomic E-state index is -0.149. The van der Waals surface area contributed by atoms with Gasteiger partial charge in [0.15, 0.2) is 0 Å².